The van der Waals surface area contributed by atoms with Crippen LogP contribution in [-0.2, 0) is 6.42 Å². The van der Waals surface area contributed by atoms with Gasteiger partial charge in [-0.3, -0.25) is 0 Å². The maximum absolute atomic E-state index is 5.93. The highest BCUT2D eigenvalue weighted by Gasteiger charge is 2.15. The predicted octanol–water partition coefficient (Wildman–Crippen LogP) is 5.19. The molecule has 0 saturated carbocycles. The van der Waals surface area contributed by atoms with Crippen molar-refractivity contribution in [1.82, 2.24) is 14.7 Å². The van der Waals surface area contributed by atoms with Crippen LogP contribution in [0.1, 0.15) is 18.3 Å². The van der Waals surface area contributed by atoms with Crippen LogP contribution in [0.3, 0.4) is 0 Å². The molecule has 0 atom stereocenters. The van der Waals surface area contributed by atoms with Crippen LogP contribution < -0.4 is 4.74 Å². The highest BCUT2D eigenvalue weighted by Crippen LogP contribution is 2.27. The molecule has 0 aliphatic heterocycles. The lowest BCUT2D eigenvalue weighted by molar-refractivity contribution is 0.423. The SMILES string of the molecule is CCc1cc(-c2ncn(-c3cccc(Oc4ccccc4)c3)c2C)on1. The smallest absolute Gasteiger partial charge is 0.187 e. The van der Waals surface area contributed by atoms with Gasteiger partial charge >= 0.3 is 0 Å². The average molecular weight is 345 g/mol. The van der Waals surface area contributed by atoms with Gasteiger partial charge in [-0.15, -0.1) is 0 Å². The number of aryl methyl sites for hydroxylation is 1. The van der Waals surface area contributed by atoms with Crippen molar-refractivity contribution in [3.8, 4) is 28.6 Å². The number of para-hydroxylation sites is 1. The molecule has 2 aromatic carbocycles. The van der Waals surface area contributed by atoms with E-state index in [1.54, 1.807) is 6.33 Å². The third-order valence-corrected chi connectivity index (χ3v) is 4.24. The van der Waals surface area contributed by atoms with Crippen LogP contribution in [0.2, 0.25) is 0 Å². The molecular weight excluding hydrogens is 326 g/mol. The topological polar surface area (TPSA) is 53.1 Å². The average Bonchev–Trinajstić information content (AvgIpc) is 3.29. The molecular formula is C21H19N3O2. The van der Waals surface area contributed by atoms with Crippen LogP contribution in [0.25, 0.3) is 17.1 Å². The zero-order valence-electron chi connectivity index (χ0n) is 14.7. The number of nitrogens with zero attached hydrogens (tertiary/aromatic N) is 3. The summed E-state index contributed by atoms with van der Waals surface area (Å²) >= 11 is 0. The number of hydrogen-bond acceptors (Lipinski definition) is 4. The van der Waals surface area contributed by atoms with Gasteiger partial charge < -0.3 is 13.8 Å². The minimum absolute atomic E-state index is 0.690. The van der Waals surface area contributed by atoms with E-state index in [4.69, 9.17) is 9.26 Å². The van der Waals surface area contributed by atoms with E-state index in [0.717, 1.165) is 40.7 Å². The lowest BCUT2D eigenvalue weighted by Crippen LogP contribution is -1.96. The van der Waals surface area contributed by atoms with E-state index in [9.17, 15) is 0 Å². The third kappa shape index (κ3) is 3.11. The van der Waals surface area contributed by atoms with Crippen LogP contribution in [0.5, 0.6) is 11.5 Å². The van der Waals surface area contributed by atoms with Crippen LogP contribution in [0, 0.1) is 6.92 Å². The second-order valence-electron chi connectivity index (χ2n) is 6.00. The second kappa shape index (κ2) is 6.88. The van der Waals surface area contributed by atoms with Gasteiger partial charge in [0.25, 0.3) is 0 Å². The van der Waals surface area contributed by atoms with E-state index < -0.39 is 0 Å². The summed E-state index contributed by atoms with van der Waals surface area (Å²) in [4.78, 5) is 4.51. The second-order valence-corrected chi connectivity index (χ2v) is 6.00. The van der Waals surface area contributed by atoms with Crippen molar-refractivity contribution < 1.29 is 9.26 Å². The van der Waals surface area contributed by atoms with Crippen LogP contribution in [0.15, 0.2) is 71.5 Å². The van der Waals surface area contributed by atoms with E-state index in [-0.39, 0.29) is 0 Å². The fourth-order valence-corrected chi connectivity index (χ4v) is 2.82. The van der Waals surface area contributed by atoms with Gasteiger partial charge in [-0.2, -0.15) is 0 Å². The molecule has 2 heterocycles. The summed E-state index contributed by atoms with van der Waals surface area (Å²) in [5.41, 5.74) is 3.68. The summed E-state index contributed by atoms with van der Waals surface area (Å²) in [5, 5.41) is 4.05. The first-order chi connectivity index (χ1) is 12.7. The molecule has 0 N–H and O–H groups in total. The molecule has 4 aromatic rings. The van der Waals surface area contributed by atoms with Crippen molar-refractivity contribution in [2.24, 2.45) is 0 Å². The van der Waals surface area contributed by atoms with Crippen molar-refractivity contribution in [1.29, 1.82) is 0 Å². The Morgan fingerprint density at radius 3 is 2.58 bits per heavy atom. The Labute approximate surface area is 151 Å². The van der Waals surface area contributed by atoms with Crippen molar-refractivity contribution in [3.05, 3.63) is 78.4 Å². The number of imidazole rings is 1. The summed E-state index contributed by atoms with van der Waals surface area (Å²) in [7, 11) is 0. The first-order valence-electron chi connectivity index (χ1n) is 8.58. The highest BCUT2D eigenvalue weighted by molar-refractivity contribution is 5.57. The zero-order chi connectivity index (χ0) is 17.9. The Balaban J connectivity index is 1.65. The normalized spacial score (nSPS) is 10.8. The van der Waals surface area contributed by atoms with E-state index >= 15 is 0 Å². The maximum atomic E-state index is 5.93. The maximum Gasteiger partial charge on any atom is 0.187 e. The molecule has 0 aliphatic rings. The van der Waals surface area contributed by atoms with E-state index in [2.05, 4.69) is 10.1 Å². The minimum atomic E-state index is 0.690. The Bertz CT molecular complexity index is 1020. The number of aromatic nitrogens is 3. The molecule has 0 spiro atoms. The third-order valence-electron chi connectivity index (χ3n) is 4.24. The van der Waals surface area contributed by atoms with Gasteiger partial charge in [0.1, 0.15) is 23.5 Å². The zero-order valence-corrected chi connectivity index (χ0v) is 14.7. The first kappa shape index (κ1) is 16.1. The minimum Gasteiger partial charge on any atom is -0.457 e. The van der Waals surface area contributed by atoms with Gasteiger partial charge in [0.2, 0.25) is 0 Å². The van der Waals surface area contributed by atoms with Crippen molar-refractivity contribution in [2.45, 2.75) is 20.3 Å². The molecule has 4 rings (SSSR count). The molecule has 130 valence electrons. The van der Waals surface area contributed by atoms with E-state index in [1.165, 1.54) is 0 Å². The molecule has 0 bridgehead atoms. The molecule has 0 amide bonds. The number of benzene rings is 2. The molecule has 0 saturated heterocycles. The molecule has 5 nitrogen and oxygen atoms in total. The van der Waals surface area contributed by atoms with Crippen molar-refractivity contribution in [3.63, 3.8) is 0 Å². The molecule has 0 unspecified atom stereocenters. The number of hydrogen-bond donors (Lipinski definition) is 0. The Morgan fingerprint density at radius 2 is 1.81 bits per heavy atom. The number of ether oxygens (including phenoxy) is 1. The standard InChI is InChI=1S/C21H19N3O2/c1-3-16-12-20(26-23-16)21-15(2)24(14-22-21)17-8-7-11-19(13-17)25-18-9-5-4-6-10-18/h4-14H,3H2,1-2H3. The molecule has 2 aromatic heterocycles. The highest BCUT2D eigenvalue weighted by atomic mass is 16.5. The summed E-state index contributed by atoms with van der Waals surface area (Å²) < 4.78 is 13.4. The summed E-state index contributed by atoms with van der Waals surface area (Å²) in [6.07, 6.45) is 2.63. The Morgan fingerprint density at radius 1 is 1.00 bits per heavy atom. The summed E-state index contributed by atoms with van der Waals surface area (Å²) in [5.74, 6) is 2.27. The molecule has 0 fully saturated rings. The largest absolute Gasteiger partial charge is 0.457 e. The Hall–Kier alpha value is -3.34. The van der Waals surface area contributed by atoms with E-state index in [1.807, 2.05) is 79.1 Å². The van der Waals surface area contributed by atoms with Gasteiger partial charge in [0.05, 0.1) is 17.1 Å². The fraction of sp³-hybridized carbons (Fsp3) is 0.143. The Kier molecular flexibility index (Phi) is 4.27. The van der Waals surface area contributed by atoms with Crippen LogP contribution in [0.4, 0.5) is 0 Å². The molecule has 0 radical (unpaired) electrons. The van der Waals surface area contributed by atoms with Crippen LogP contribution in [-0.4, -0.2) is 14.7 Å². The lowest BCUT2D eigenvalue weighted by Gasteiger charge is -2.09. The monoisotopic (exact) mass is 345 g/mol. The van der Waals surface area contributed by atoms with Gasteiger partial charge in [-0.25, -0.2) is 4.98 Å². The predicted molar refractivity (Wildman–Crippen MR) is 99.7 cm³/mol. The van der Waals surface area contributed by atoms with E-state index in [0.29, 0.717) is 5.76 Å². The first-order valence-corrected chi connectivity index (χ1v) is 8.58. The van der Waals surface area contributed by atoms with Gasteiger partial charge in [-0.1, -0.05) is 36.3 Å². The van der Waals surface area contributed by atoms with Crippen molar-refractivity contribution in [2.75, 3.05) is 0 Å². The lowest BCUT2D eigenvalue weighted by atomic mass is 10.2. The van der Waals surface area contributed by atoms with Crippen LogP contribution >= 0.6 is 0 Å². The summed E-state index contributed by atoms with van der Waals surface area (Å²) in [6, 6.07) is 19.6. The molecule has 0 aliphatic carbocycles. The number of rotatable bonds is 5. The van der Waals surface area contributed by atoms with Gasteiger partial charge in [0.15, 0.2) is 5.76 Å². The summed E-state index contributed by atoms with van der Waals surface area (Å²) in [6.45, 7) is 4.06. The van der Waals surface area contributed by atoms with Gasteiger partial charge in [-0.05, 0) is 37.6 Å². The molecule has 5 heteroatoms. The van der Waals surface area contributed by atoms with Crippen molar-refractivity contribution >= 4 is 0 Å². The quantitative estimate of drug-likeness (QED) is 0.499. The fourth-order valence-electron chi connectivity index (χ4n) is 2.82. The van der Waals surface area contributed by atoms with Gasteiger partial charge in [0, 0.05) is 12.1 Å². The molecule has 26 heavy (non-hydrogen) atoms.